The van der Waals surface area contributed by atoms with E-state index in [1.807, 2.05) is 0 Å². The topological polar surface area (TPSA) is 83.8 Å². The highest BCUT2D eigenvalue weighted by Crippen LogP contribution is 2.21. The van der Waals surface area contributed by atoms with Crippen molar-refractivity contribution < 1.29 is 24.5 Å². The van der Waals surface area contributed by atoms with Crippen molar-refractivity contribution in [1.82, 2.24) is 0 Å². The number of hydrogen-bond donors (Lipinski definition) is 2. The first-order valence-corrected chi connectivity index (χ1v) is 6.07. The third-order valence-corrected chi connectivity index (χ3v) is 2.81. The second-order valence-corrected chi connectivity index (χ2v) is 4.26. The second kappa shape index (κ2) is 7.01. The van der Waals surface area contributed by atoms with Gasteiger partial charge in [0, 0.05) is 5.56 Å². The lowest BCUT2D eigenvalue weighted by molar-refractivity contribution is -0.147. The minimum atomic E-state index is -1.24. The molecule has 0 radical (unpaired) electrons. The molecule has 0 aromatic heterocycles. The molecule has 0 fully saturated rings. The number of carbonyl (C=O) groups excluding carboxylic acids is 2. The molecule has 2 atom stereocenters. The normalized spacial score (nSPS) is 13.7. The second-order valence-electron chi connectivity index (χ2n) is 4.26. The van der Waals surface area contributed by atoms with E-state index in [4.69, 9.17) is 4.74 Å². The zero-order chi connectivity index (χ0) is 14.4. The molecular weight excluding hydrogens is 248 g/mol. The molecule has 5 heteroatoms. The largest absolute Gasteiger partial charge is 0.466 e. The molecule has 0 bridgehead atoms. The van der Waals surface area contributed by atoms with Crippen LogP contribution in [0.1, 0.15) is 40.9 Å². The highest BCUT2D eigenvalue weighted by atomic mass is 16.5. The van der Waals surface area contributed by atoms with Crippen LogP contribution in [0.25, 0.3) is 0 Å². The van der Waals surface area contributed by atoms with Crippen LogP contribution in [0, 0.1) is 6.92 Å². The Kier molecular flexibility index (Phi) is 5.66. The molecule has 5 nitrogen and oxygen atoms in total. The molecule has 1 aromatic rings. The molecule has 0 aliphatic carbocycles. The maximum absolute atomic E-state index is 11.2. The lowest BCUT2D eigenvalue weighted by Crippen LogP contribution is -2.23. The Labute approximate surface area is 111 Å². The lowest BCUT2D eigenvalue weighted by Gasteiger charge is -2.18. The van der Waals surface area contributed by atoms with Crippen molar-refractivity contribution in [2.75, 3.05) is 6.61 Å². The van der Waals surface area contributed by atoms with E-state index < -0.39 is 18.2 Å². The predicted octanol–water partition coefficient (Wildman–Crippen LogP) is 1.16. The molecule has 1 aromatic carbocycles. The van der Waals surface area contributed by atoms with Crippen molar-refractivity contribution >= 4 is 12.3 Å². The predicted molar refractivity (Wildman–Crippen MR) is 68.8 cm³/mol. The van der Waals surface area contributed by atoms with E-state index in [2.05, 4.69) is 0 Å². The van der Waals surface area contributed by atoms with E-state index in [1.54, 1.807) is 32.0 Å². The molecule has 2 unspecified atom stereocenters. The molecular formula is C14H18O5. The van der Waals surface area contributed by atoms with Gasteiger partial charge in [0.05, 0.1) is 19.1 Å². The Balaban J connectivity index is 2.76. The number of ether oxygens (including phenoxy) is 1. The molecule has 0 aliphatic heterocycles. The van der Waals surface area contributed by atoms with Crippen LogP contribution >= 0.6 is 0 Å². The first kappa shape index (κ1) is 15.3. The van der Waals surface area contributed by atoms with Crippen LogP contribution in [0.3, 0.4) is 0 Å². The molecule has 2 N–H and O–H groups in total. The minimum absolute atomic E-state index is 0.231. The number of carbonyl (C=O) groups is 2. The molecule has 104 valence electrons. The number of hydrogen-bond acceptors (Lipinski definition) is 5. The number of aliphatic hydroxyl groups is 2. The molecule has 0 amide bonds. The Hall–Kier alpha value is -1.72. The summed E-state index contributed by atoms with van der Waals surface area (Å²) in [5.74, 6) is -0.560. The monoisotopic (exact) mass is 266 g/mol. The van der Waals surface area contributed by atoms with Crippen molar-refractivity contribution in [1.29, 1.82) is 0 Å². The summed E-state index contributed by atoms with van der Waals surface area (Å²) in [6.07, 6.45) is -1.98. The molecule has 0 spiro atoms. The summed E-state index contributed by atoms with van der Waals surface area (Å²) in [5, 5.41) is 19.7. The van der Waals surface area contributed by atoms with E-state index in [9.17, 15) is 19.8 Å². The molecule has 1 rings (SSSR count). The van der Waals surface area contributed by atoms with Crippen LogP contribution in [0.4, 0.5) is 0 Å². The number of rotatable bonds is 6. The van der Waals surface area contributed by atoms with Gasteiger partial charge in [0.15, 0.2) is 0 Å². The summed E-state index contributed by atoms with van der Waals surface area (Å²) < 4.78 is 4.70. The highest BCUT2D eigenvalue weighted by molar-refractivity contribution is 5.77. The highest BCUT2D eigenvalue weighted by Gasteiger charge is 2.22. The Bertz CT molecular complexity index is 455. The van der Waals surface area contributed by atoms with Crippen molar-refractivity contribution in [2.24, 2.45) is 0 Å². The smallest absolute Gasteiger partial charge is 0.308 e. The van der Waals surface area contributed by atoms with Gasteiger partial charge < -0.3 is 14.9 Å². The van der Waals surface area contributed by atoms with Gasteiger partial charge in [-0.3, -0.25) is 9.59 Å². The van der Waals surface area contributed by atoms with Crippen molar-refractivity contribution in [3.05, 3.63) is 34.9 Å². The van der Waals surface area contributed by atoms with Crippen LogP contribution in [-0.2, 0) is 9.53 Å². The van der Waals surface area contributed by atoms with E-state index >= 15 is 0 Å². The molecule has 19 heavy (non-hydrogen) atoms. The summed E-state index contributed by atoms with van der Waals surface area (Å²) >= 11 is 0. The summed E-state index contributed by atoms with van der Waals surface area (Å²) in [5.41, 5.74) is 1.69. The number of aliphatic hydroxyl groups excluding tert-OH is 2. The fraction of sp³-hybridized carbons (Fsp3) is 0.429. The van der Waals surface area contributed by atoms with Gasteiger partial charge >= 0.3 is 5.97 Å². The van der Waals surface area contributed by atoms with Gasteiger partial charge in [-0.05, 0) is 25.0 Å². The first-order valence-electron chi connectivity index (χ1n) is 6.07. The zero-order valence-electron chi connectivity index (χ0n) is 11.0. The quantitative estimate of drug-likeness (QED) is 0.596. The molecule has 0 heterocycles. The average Bonchev–Trinajstić information content (AvgIpc) is 2.37. The van der Waals surface area contributed by atoms with Gasteiger partial charge in [0.25, 0.3) is 0 Å². The average molecular weight is 266 g/mol. The lowest BCUT2D eigenvalue weighted by atomic mass is 9.98. The third-order valence-electron chi connectivity index (χ3n) is 2.81. The Morgan fingerprint density at radius 1 is 1.42 bits per heavy atom. The van der Waals surface area contributed by atoms with Crippen LogP contribution in [0.2, 0.25) is 0 Å². The zero-order valence-corrected chi connectivity index (χ0v) is 11.0. The molecule has 0 aliphatic rings. The summed E-state index contributed by atoms with van der Waals surface area (Å²) in [6, 6.07) is 4.73. The molecule has 0 saturated carbocycles. The molecule has 0 saturated heterocycles. The van der Waals surface area contributed by atoms with Gasteiger partial charge in [-0.25, -0.2) is 0 Å². The maximum Gasteiger partial charge on any atom is 0.308 e. The van der Waals surface area contributed by atoms with Gasteiger partial charge in [-0.15, -0.1) is 0 Å². The van der Waals surface area contributed by atoms with Gasteiger partial charge in [-0.2, -0.15) is 0 Å². The Morgan fingerprint density at radius 2 is 2.11 bits per heavy atom. The maximum atomic E-state index is 11.2. The van der Waals surface area contributed by atoms with Crippen LogP contribution in [0.15, 0.2) is 18.2 Å². The van der Waals surface area contributed by atoms with Crippen LogP contribution in [0.5, 0.6) is 0 Å². The fourth-order valence-corrected chi connectivity index (χ4v) is 1.74. The fourth-order valence-electron chi connectivity index (χ4n) is 1.74. The van der Waals surface area contributed by atoms with Crippen molar-refractivity contribution in [3.63, 3.8) is 0 Å². The standard InChI is InChI=1S/C14H18O5/c1-3-19-13(17)7-12(16)14(18)10-4-5-11(8-15)9(2)6-10/h4-6,8,12,14,16,18H,3,7H2,1-2H3. The number of aldehydes is 1. The van der Waals surface area contributed by atoms with Gasteiger partial charge in [0.1, 0.15) is 12.4 Å². The number of aryl methyl sites for hydroxylation is 1. The van der Waals surface area contributed by atoms with E-state index in [1.165, 1.54) is 0 Å². The van der Waals surface area contributed by atoms with Gasteiger partial charge in [-0.1, -0.05) is 18.2 Å². The van der Waals surface area contributed by atoms with Crippen molar-refractivity contribution in [2.45, 2.75) is 32.5 Å². The first-order chi connectivity index (χ1) is 8.99. The SMILES string of the molecule is CCOC(=O)CC(O)C(O)c1ccc(C=O)c(C)c1. The number of benzene rings is 1. The van der Waals surface area contributed by atoms with Crippen LogP contribution in [-0.4, -0.2) is 35.2 Å². The van der Waals surface area contributed by atoms with Crippen LogP contribution < -0.4 is 0 Å². The van der Waals surface area contributed by atoms with E-state index in [0.717, 1.165) is 6.29 Å². The minimum Gasteiger partial charge on any atom is -0.466 e. The van der Waals surface area contributed by atoms with E-state index in [-0.39, 0.29) is 13.0 Å². The number of esters is 1. The van der Waals surface area contributed by atoms with Gasteiger partial charge in [0.2, 0.25) is 0 Å². The van der Waals surface area contributed by atoms with Crippen molar-refractivity contribution in [3.8, 4) is 0 Å². The summed E-state index contributed by atoms with van der Waals surface area (Å²) in [6.45, 7) is 3.63. The summed E-state index contributed by atoms with van der Waals surface area (Å²) in [4.78, 5) is 21.9. The Morgan fingerprint density at radius 3 is 2.63 bits per heavy atom. The summed E-state index contributed by atoms with van der Waals surface area (Å²) in [7, 11) is 0. The third kappa shape index (κ3) is 4.15. The van der Waals surface area contributed by atoms with E-state index in [0.29, 0.717) is 16.7 Å².